The highest BCUT2D eigenvalue weighted by molar-refractivity contribution is 5.95. The van der Waals surface area contributed by atoms with E-state index in [1.165, 1.54) is 4.68 Å². The predicted molar refractivity (Wildman–Crippen MR) is 112 cm³/mol. The first kappa shape index (κ1) is 20.2. The van der Waals surface area contributed by atoms with Crippen LogP contribution in [0.2, 0.25) is 0 Å². The molecule has 0 spiro atoms. The van der Waals surface area contributed by atoms with Crippen molar-refractivity contribution in [1.29, 1.82) is 0 Å². The summed E-state index contributed by atoms with van der Waals surface area (Å²) in [5.74, 6) is 5.46. The Kier molecular flexibility index (Phi) is 6.30. The van der Waals surface area contributed by atoms with E-state index in [-0.39, 0.29) is 11.3 Å². The van der Waals surface area contributed by atoms with Crippen LogP contribution in [0.4, 0.5) is 0 Å². The number of aryl methyl sites for hydroxylation is 1. The topological polar surface area (TPSA) is 77.1 Å². The van der Waals surface area contributed by atoms with Crippen molar-refractivity contribution in [2.45, 2.75) is 39.8 Å². The minimum Gasteiger partial charge on any atom is -0.478 e. The van der Waals surface area contributed by atoms with Gasteiger partial charge in [0.25, 0.3) is 0 Å². The summed E-state index contributed by atoms with van der Waals surface area (Å²) < 4.78 is 3.04. The van der Waals surface area contributed by atoms with E-state index >= 15 is 0 Å². The summed E-state index contributed by atoms with van der Waals surface area (Å²) in [4.78, 5) is 24.1. The lowest BCUT2D eigenvalue weighted by molar-refractivity contribution is 0.0697. The molecule has 0 fully saturated rings. The number of benzene rings is 2. The highest BCUT2D eigenvalue weighted by atomic mass is 16.4. The Bertz CT molecular complexity index is 1130. The Morgan fingerprint density at radius 3 is 2.48 bits per heavy atom. The Balaban J connectivity index is 1.93. The van der Waals surface area contributed by atoms with Gasteiger partial charge >= 0.3 is 11.7 Å². The van der Waals surface area contributed by atoms with E-state index in [2.05, 4.69) is 16.9 Å². The molecule has 0 atom stereocenters. The van der Waals surface area contributed by atoms with Crippen molar-refractivity contribution in [2.24, 2.45) is 0 Å². The van der Waals surface area contributed by atoms with Gasteiger partial charge in [0.05, 0.1) is 12.1 Å². The first-order valence-corrected chi connectivity index (χ1v) is 9.63. The van der Waals surface area contributed by atoms with Crippen LogP contribution < -0.4 is 5.69 Å². The molecule has 2 aromatic carbocycles. The number of carboxylic acid groups (broad SMARTS) is 1. The minimum absolute atomic E-state index is 0.174. The summed E-state index contributed by atoms with van der Waals surface area (Å²) in [7, 11) is 0. The quantitative estimate of drug-likeness (QED) is 0.653. The maximum atomic E-state index is 12.7. The Morgan fingerprint density at radius 1 is 1.10 bits per heavy atom. The number of aromatic carboxylic acids is 1. The largest absolute Gasteiger partial charge is 0.478 e. The molecular weight excluding hydrogens is 366 g/mol. The van der Waals surface area contributed by atoms with E-state index in [9.17, 15) is 14.7 Å². The fourth-order valence-electron chi connectivity index (χ4n) is 3.09. The van der Waals surface area contributed by atoms with Gasteiger partial charge in [-0.3, -0.25) is 4.57 Å². The molecule has 0 aliphatic heterocycles. The maximum Gasteiger partial charge on any atom is 0.347 e. The number of carbonyl (C=O) groups is 1. The molecule has 1 heterocycles. The second-order valence-corrected chi connectivity index (χ2v) is 6.62. The van der Waals surface area contributed by atoms with Gasteiger partial charge < -0.3 is 5.11 Å². The second kappa shape index (κ2) is 9.07. The molecule has 6 nitrogen and oxygen atoms in total. The first-order valence-electron chi connectivity index (χ1n) is 9.63. The summed E-state index contributed by atoms with van der Waals surface area (Å²) in [5.41, 5.74) is 2.47. The molecule has 0 bridgehead atoms. The molecule has 1 aromatic heterocycles. The van der Waals surface area contributed by atoms with E-state index in [0.717, 1.165) is 17.5 Å². The molecule has 29 heavy (non-hydrogen) atoms. The number of rotatable bonds is 6. The highest BCUT2D eigenvalue weighted by Crippen LogP contribution is 2.24. The van der Waals surface area contributed by atoms with Gasteiger partial charge in [0.15, 0.2) is 0 Å². The molecule has 6 heteroatoms. The van der Waals surface area contributed by atoms with Crippen molar-refractivity contribution >= 4 is 5.97 Å². The van der Waals surface area contributed by atoms with Crippen molar-refractivity contribution in [3.63, 3.8) is 0 Å². The normalized spacial score (nSPS) is 10.4. The van der Waals surface area contributed by atoms with E-state index in [4.69, 9.17) is 0 Å². The number of aromatic nitrogens is 3. The standard InChI is InChI=1S/C23H23N3O3/c1-3-5-10-21-24-26(15-4-2)23(29)25(21)16-17-11-13-18(14-12-17)19-8-6-7-9-20(19)22(27)28/h6-9,11-14H,3-4,15-16H2,1-2H3,(H,27,28). The van der Waals surface area contributed by atoms with E-state index < -0.39 is 5.97 Å². The lowest BCUT2D eigenvalue weighted by Crippen LogP contribution is -2.25. The average molecular weight is 389 g/mol. The molecule has 0 saturated heterocycles. The number of nitrogens with zero attached hydrogens (tertiary/aromatic N) is 3. The average Bonchev–Trinajstić information content (AvgIpc) is 3.02. The molecule has 3 rings (SSSR count). The zero-order valence-corrected chi connectivity index (χ0v) is 16.6. The van der Waals surface area contributed by atoms with Crippen LogP contribution in [0, 0.1) is 11.8 Å². The van der Waals surface area contributed by atoms with Crippen LogP contribution in [0.1, 0.15) is 48.4 Å². The van der Waals surface area contributed by atoms with Gasteiger partial charge in [-0.15, -0.1) is 5.10 Å². The predicted octanol–water partition coefficient (Wildman–Crippen LogP) is 3.63. The SMILES string of the molecule is CCC#Cc1nn(CCC)c(=O)n1Cc1ccc(-c2ccccc2C(=O)O)cc1. The van der Waals surface area contributed by atoms with Crippen molar-refractivity contribution in [2.75, 3.05) is 0 Å². The van der Waals surface area contributed by atoms with Gasteiger partial charge in [0, 0.05) is 13.0 Å². The van der Waals surface area contributed by atoms with Gasteiger partial charge in [0.2, 0.25) is 5.82 Å². The smallest absolute Gasteiger partial charge is 0.347 e. The molecule has 148 valence electrons. The van der Waals surface area contributed by atoms with Crippen LogP contribution in [0.15, 0.2) is 53.3 Å². The lowest BCUT2D eigenvalue weighted by atomic mass is 9.99. The molecule has 0 unspecified atom stereocenters. The molecule has 0 aliphatic rings. The summed E-state index contributed by atoms with van der Waals surface area (Å²) >= 11 is 0. The zero-order chi connectivity index (χ0) is 20.8. The summed E-state index contributed by atoms with van der Waals surface area (Å²) in [6, 6.07) is 14.4. The second-order valence-electron chi connectivity index (χ2n) is 6.62. The number of hydrogen-bond donors (Lipinski definition) is 1. The van der Waals surface area contributed by atoms with E-state index in [1.54, 1.807) is 22.8 Å². The molecule has 0 aliphatic carbocycles. The number of hydrogen-bond acceptors (Lipinski definition) is 3. The molecule has 1 N–H and O–H groups in total. The molecule has 0 saturated carbocycles. The third-order valence-corrected chi connectivity index (χ3v) is 4.50. The monoisotopic (exact) mass is 389 g/mol. The summed E-state index contributed by atoms with van der Waals surface area (Å²) in [5, 5.41) is 13.8. The Labute approximate surface area is 169 Å². The molecular formula is C23H23N3O3. The van der Waals surface area contributed by atoms with Crippen LogP contribution in [0.3, 0.4) is 0 Å². The molecule has 3 aromatic rings. The summed E-state index contributed by atoms with van der Waals surface area (Å²) in [6.45, 7) is 4.86. The van der Waals surface area contributed by atoms with Crippen LogP contribution >= 0.6 is 0 Å². The van der Waals surface area contributed by atoms with E-state index in [0.29, 0.717) is 30.9 Å². The Morgan fingerprint density at radius 2 is 1.83 bits per heavy atom. The van der Waals surface area contributed by atoms with Gasteiger partial charge in [0.1, 0.15) is 0 Å². The van der Waals surface area contributed by atoms with Crippen molar-refractivity contribution in [1.82, 2.24) is 14.3 Å². The van der Waals surface area contributed by atoms with Crippen LogP contribution in [0.25, 0.3) is 11.1 Å². The Hall–Kier alpha value is -3.59. The lowest BCUT2D eigenvalue weighted by Gasteiger charge is -2.08. The highest BCUT2D eigenvalue weighted by Gasteiger charge is 2.13. The summed E-state index contributed by atoms with van der Waals surface area (Å²) in [6.07, 6.45) is 1.50. The third-order valence-electron chi connectivity index (χ3n) is 4.50. The van der Waals surface area contributed by atoms with Gasteiger partial charge in [-0.05, 0) is 35.1 Å². The van der Waals surface area contributed by atoms with Crippen LogP contribution in [0.5, 0.6) is 0 Å². The van der Waals surface area contributed by atoms with Crippen molar-refractivity contribution in [3.05, 3.63) is 76.0 Å². The van der Waals surface area contributed by atoms with Gasteiger partial charge in [-0.1, -0.05) is 62.2 Å². The fourth-order valence-corrected chi connectivity index (χ4v) is 3.09. The van der Waals surface area contributed by atoms with Crippen molar-refractivity contribution in [3.8, 4) is 23.0 Å². The van der Waals surface area contributed by atoms with Crippen LogP contribution in [-0.4, -0.2) is 25.4 Å². The number of carboxylic acids is 1. The van der Waals surface area contributed by atoms with Crippen molar-refractivity contribution < 1.29 is 9.90 Å². The zero-order valence-electron chi connectivity index (χ0n) is 16.6. The minimum atomic E-state index is -0.960. The first-order chi connectivity index (χ1) is 14.0. The third kappa shape index (κ3) is 4.46. The van der Waals surface area contributed by atoms with Crippen LogP contribution in [-0.2, 0) is 13.1 Å². The molecule has 0 radical (unpaired) electrons. The van der Waals surface area contributed by atoms with Gasteiger partial charge in [-0.2, -0.15) is 0 Å². The van der Waals surface area contributed by atoms with Gasteiger partial charge in [-0.25, -0.2) is 14.3 Å². The van der Waals surface area contributed by atoms with E-state index in [1.807, 2.05) is 44.2 Å². The maximum absolute atomic E-state index is 12.7. The molecule has 0 amide bonds. The fraction of sp³-hybridized carbons (Fsp3) is 0.261.